The number of aromatic amines is 1. The summed E-state index contributed by atoms with van der Waals surface area (Å²) in [7, 11) is 1.38. The molecule has 0 radical (unpaired) electrons. The summed E-state index contributed by atoms with van der Waals surface area (Å²) in [6.45, 7) is 3.05. The molecule has 1 unspecified atom stereocenters. The third-order valence-corrected chi connectivity index (χ3v) is 6.28. The zero-order valence-corrected chi connectivity index (χ0v) is 16.7. The van der Waals surface area contributed by atoms with Crippen LogP contribution in [0.2, 0.25) is 0 Å². The zero-order chi connectivity index (χ0) is 19.7. The maximum absolute atomic E-state index is 13.3. The highest BCUT2D eigenvalue weighted by Crippen LogP contribution is 2.31. The van der Waals surface area contributed by atoms with Crippen LogP contribution in [0.25, 0.3) is 10.9 Å². The van der Waals surface area contributed by atoms with Crippen molar-refractivity contribution in [1.29, 1.82) is 0 Å². The van der Waals surface area contributed by atoms with Crippen molar-refractivity contribution in [3.8, 4) is 0 Å². The highest BCUT2D eigenvalue weighted by molar-refractivity contribution is 8.00. The van der Waals surface area contributed by atoms with Gasteiger partial charge in [0.15, 0.2) is 0 Å². The van der Waals surface area contributed by atoms with Gasteiger partial charge < -0.3 is 14.6 Å². The van der Waals surface area contributed by atoms with Gasteiger partial charge in [-0.3, -0.25) is 9.59 Å². The van der Waals surface area contributed by atoms with E-state index in [1.54, 1.807) is 6.92 Å². The number of thioether (sulfide) groups is 1. The number of carbonyl (C=O) groups is 2. The van der Waals surface area contributed by atoms with E-state index < -0.39 is 0 Å². The first kappa shape index (κ1) is 18.6. The fourth-order valence-electron chi connectivity index (χ4n) is 3.66. The summed E-state index contributed by atoms with van der Waals surface area (Å²) < 4.78 is 4.81. The Kier molecular flexibility index (Phi) is 5.13. The molecule has 1 N–H and O–H groups in total. The minimum absolute atomic E-state index is 0.00361. The lowest BCUT2D eigenvalue weighted by atomic mass is 10.0. The number of carbonyl (C=O) groups excluding carboxylic acids is 2. The number of aromatic nitrogens is 1. The number of fused-ring (bicyclic) bond motifs is 3. The molecule has 1 amide bonds. The molecule has 2 aromatic carbocycles. The molecule has 2 heterocycles. The van der Waals surface area contributed by atoms with Crippen molar-refractivity contribution in [2.45, 2.75) is 30.0 Å². The van der Waals surface area contributed by atoms with E-state index in [1.165, 1.54) is 35.5 Å². The number of esters is 1. The maximum Gasteiger partial charge on any atom is 0.318 e. The van der Waals surface area contributed by atoms with Crippen LogP contribution in [0, 0.1) is 0 Å². The third kappa shape index (κ3) is 3.40. The maximum atomic E-state index is 13.3. The van der Waals surface area contributed by atoms with E-state index in [4.69, 9.17) is 4.74 Å². The minimum atomic E-state index is -0.375. The number of amides is 1. The fraction of sp³-hybridized carbons (Fsp3) is 0.273. The molecule has 0 bridgehead atoms. The van der Waals surface area contributed by atoms with E-state index in [-0.39, 0.29) is 17.1 Å². The summed E-state index contributed by atoms with van der Waals surface area (Å²) in [5, 5.41) is 0.803. The summed E-state index contributed by atoms with van der Waals surface area (Å²) in [4.78, 5) is 31.3. The quantitative estimate of drug-likeness (QED) is 0.536. The van der Waals surface area contributed by atoms with Crippen LogP contribution in [-0.2, 0) is 22.5 Å². The third-order valence-electron chi connectivity index (χ3n) is 5.12. The largest absolute Gasteiger partial charge is 0.468 e. The second-order valence-corrected chi connectivity index (χ2v) is 8.27. The van der Waals surface area contributed by atoms with Gasteiger partial charge in [0.25, 0.3) is 5.91 Å². The molecule has 4 rings (SSSR count). The molecule has 1 aliphatic rings. The van der Waals surface area contributed by atoms with Crippen LogP contribution >= 0.6 is 11.8 Å². The second-order valence-electron chi connectivity index (χ2n) is 6.88. The Morgan fingerprint density at radius 3 is 2.71 bits per heavy atom. The molecule has 1 aliphatic heterocycles. The Balaban J connectivity index is 1.60. The standard InChI is InChI=1S/C22H22N2O3S/c1-14(22(26)27-2)28-20-10-6-4-8-16(20)21(25)24-12-11-19-17(13-24)15-7-3-5-9-18(15)23-19/h3-10,14,23H,11-13H2,1-2H3. The van der Waals surface area contributed by atoms with Gasteiger partial charge in [-0.15, -0.1) is 11.8 Å². The number of nitrogens with zero attached hydrogens (tertiary/aromatic N) is 1. The van der Waals surface area contributed by atoms with Crippen molar-refractivity contribution in [2.75, 3.05) is 13.7 Å². The molecule has 144 valence electrons. The van der Waals surface area contributed by atoms with E-state index in [0.717, 1.165) is 16.8 Å². The minimum Gasteiger partial charge on any atom is -0.468 e. The number of benzene rings is 2. The second kappa shape index (κ2) is 7.72. The van der Waals surface area contributed by atoms with Gasteiger partial charge in [-0.25, -0.2) is 0 Å². The molecule has 0 saturated heterocycles. The Labute approximate surface area is 168 Å². The van der Waals surface area contributed by atoms with E-state index in [0.29, 0.717) is 18.7 Å². The normalized spacial score (nSPS) is 14.6. The average Bonchev–Trinajstić information content (AvgIpc) is 3.11. The first-order valence-corrected chi connectivity index (χ1v) is 10.2. The van der Waals surface area contributed by atoms with Crippen molar-refractivity contribution < 1.29 is 14.3 Å². The van der Waals surface area contributed by atoms with Crippen LogP contribution in [-0.4, -0.2) is 40.7 Å². The molecule has 6 heteroatoms. The SMILES string of the molecule is COC(=O)C(C)Sc1ccccc1C(=O)N1CCc2[nH]c3ccccc3c2C1. The molecule has 5 nitrogen and oxygen atoms in total. The van der Waals surface area contributed by atoms with Crippen molar-refractivity contribution in [1.82, 2.24) is 9.88 Å². The number of ether oxygens (including phenoxy) is 1. The van der Waals surface area contributed by atoms with Crippen LogP contribution in [0.4, 0.5) is 0 Å². The smallest absolute Gasteiger partial charge is 0.318 e. The molecule has 3 aromatic rings. The van der Waals surface area contributed by atoms with Gasteiger partial charge in [0.1, 0.15) is 5.25 Å². The molecule has 28 heavy (non-hydrogen) atoms. The Morgan fingerprint density at radius 2 is 1.89 bits per heavy atom. The van der Waals surface area contributed by atoms with Crippen molar-refractivity contribution in [3.63, 3.8) is 0 Å². The number of hydrogen-bond donors (Lipinski definition) is 1. The van der Waals surface area contributed by atoms with Crippen LogP contribution < -0.4 is 0 Å². The monoisotopic (exact) mass is 394 g/mol. The lowest BCUT2D eigenvalue weighted by molar-refractivity contribution is -0.139. The molecule has 0 saturated carbocycles. The predicted octanol–water partition coefficient (Wildman–Crippen LogP) is 4.02. The predicted molar refractivity (Wildman–Crippen MR) is 111 cm³/mol. The van der Waals surface area contributed by atoms with Crippen LogP contribution in [0.1, 0.15) is 28.5 Å². The van der Waals surface area contributed by atoms with Crippen LogP contribution in [0.15, 0.2) is 53.4 Å². The van der Waals surface area contributed by atoms with Crippen molar-refractivity contribution in [2.24, 2.45) is 0 Å². The van der Waals surface area contributed by atoms with E-state index in [1.807, 2.05) is 41.3 Å². The summed E-state index contributed by atoms with van der Waals surface area (Å²) in [6, 6.07) is 15.7. The first-order valence-electron chi connectivity index (χ1n) is 9.29. The van der Waals surface area contributed by atoms with E-state index in [9.17, 15) is 9.59 Å². The topological polar surface area (TPSA) is 62.4 Å². The Morgan fingerprint density at radius 1 is 1.14 bits per heavy atom. The van der Waals surface area contributed by atoms with Gasteiger partial charge >= 0.3 is 5.97 Å². The number of nitrogens with one attached hydrogen (secondary N) is 1. The Hall–Kier alpha value is -2.73. The fourth-order valence-corrected chi connectivity index (χ4v) is 4.67. The van der Waals surface area contributed by atoms with E-state index in [2.05, 4.69) is 17.1 Å². The molecule has 0 spiro atoms. The number of para-hydroxylation sites is 1. The summed E-state index contributed by atoms with van der Waals surface area (Å²) >= 11 is 1.36. The molecule has 1 aromatic heterocycles. The van der Waals surface area contributed by atoms with E-state index >= 15 is 0 Å². The first-order chi connectivity index (χ1) is 13.6. The van der Waals surface area contributed by atoms with Crippen molar-refractivity contribution >= 4 is 34.5 Å². The van der Waals surface area contributed by atoms with Gasteiger partial charge in [0.2, 0.25) is 0 Å². The van der Waals surface area contributed by atoms with Gasteiger partial charge in [-0.05, 0) is 25.1 Å². The van der Waals surface area contributed by atoms with Crippen LogP contribution in [0.5, 0.6) is 0 Å². The number of H-pyrrole nitrogens is 1. The lowest BCUT2D eigenvalue weighted by Gasteiger charge is -2.28. The lowest BCUT2D eigenvalue weighted by Crippen LogP contribution is -2.36. The highest BCUT2D eigenvalue weighted by atomic mass is 32.2. The van der Waals surface area contributed by atoms with Gasteiger partial charge in [0.05, 0.1) is 12.7 Å². The number of rotatable bonds is 4. The van der Waals surface area contributed by atoms with Crippen molar-refractivity contribution in [3.05, 3.63) is 65.4 Å². The number of methoxy groups -OCH3 is 1. The summed E-state index contributed by atoms with van der Waals surface area (Å²) in [5.74, 6) is -0.301. The van der Waals surface area contributed by atoms with Gasteiger partial charge in [-0.1, -0.05) is 30.3 Å². The Bertz CT molecular complexity index is 1040. The highest BCUT2D eigenvalue weighted by Gasteiger charge is 2.27. The molecule has 0 fully saturated rings. The molecule has 0 aliphatic carbocycles. The van der Waals surface area contributed by atoms with Gasteiger partial charge in [-0.2, -0.15) is 0 Å². The zero-order valence-electron chi connectivity index (χ0n) is 15.9. The average molecular weight is 394 g/mol. The molecular formula is C22H22N2O3S. The summed E-state index contributed by atoms with van der Waals surface area (Å²) in [6.07, 6.45) is 0.809. The molecular weight excluding hydrogens is 372 g/mol. The number of hydrogen-bond acceptors (Lipinski definition) is 4. The summed E-state index contributed by atoms with van der Waals surface area (Å²) in [5.41, 5.74) is 4.16. The molecule has 1 atom stereocenters. The van der Waals surface area contributed by atoms with Crippen LogP contribution in [0.3, 0.4) is 0 Å². The van der Waals surface area contributed by atoms with Gasteiger partial charge in [0, 0.05) is 46.6 Å².